The van der Waals surface area contributed by atoms with E-state index in [9.17, 15) is 9.59 Å². The molecule has 3 rings (SSSR count). The first kappa shape index (κ1) is 21.2. The number of aryl methyl sites for hydroxylation is 1. The molecule has 0 amide bonds. The van der Waals surface area contributed by atoms with Crippen LogP contribution in [0.5, 0.6) is 5.75 Å². The maximum Gasteiger partial charge on any atom is 0.305 e. The van der Waals surface area contributed by atoms with Crippen LogP contribution >= 0.6 is 0 Å². The molecule has 0 saturated heterocycles. The van der Waals surface area contributed by atoms with Gasteiger partial charge < -0.3 is 9.47 Å². The molecule has 0 aliphatic carbocycles. The van der Waals surface area contributed by atoms with Gasteiger partial charge in [0.15, 0.2) is 5.78 Å². The quantitative estimate of drug-likeness (QED) is 0.376. The van der Waals surface area contributed by atoms with Crippen LogP contribution < -0.4 is 4.74 Å². The molecule has 30 heavy (non-hydrogen) atoms. The number of carbonyl (C=O) groups is 2. The molecule has 0 radical (unpaired) electrons. The lowest BCUT2D eigenvalue weighted by molar-refractivity contribution is -0.140. The van der Waals surface area contributed by atoms with Gasteiger partial charge in [0.1, 0.15) is 12.4 Å². The highest BCUT2D eigenvalue weighted by Gasteiger charge is 2.24. The Morgan fingerprint density at radius 1 is 1.03 bits per heavy atom. The van der Waals surface area contributed by atoms with E-state index >= 15 is 0 Å². The van der Waals surface area contributed by atoms with E-state index in [2.05, 4.69) is 4.98 Å². The van der Waals surface area contributed by atoms with Crippen molar-refractivity contribution < 1.29 is 19.1 Å². The largest absolute Gasteiger partial charge is 0.489 e. The number of hydrogen-bond acceptors (Lipinski definition) is 5. The number of benzene rings is 2. The smallest absolute Gasteiger partial charge is 0.305 e. The third kappa shape index (κ3) is 5.54. The molecule has 0 spiro atoms. The van der Waals surface area contributed by atoms with Crippen molar-refractivity contribution >= 4 is 11.8 Å². The van der Waals surface area contributed by atoms with Gasteiger partial charge in [-0.25, -0.2) is 0 Å². The van der Waals surface area contributed by atoms with Gasteiger partial charge >= 0.3 is 5.97 Å². The number of ether oxygens (including phenoxy) is 2. The van der Waals surface area contributed by atoms with Crippen LogP contribution in [0.4, 0.5) is 0 Å². The molecule has 0 aliphatic heterocycles. The van der Waals surface area contributed by atoms with E-state index < -0.39 is 5.92 Å². The summed E-state index contributed by atoms with van der Waals surface area (Å²) in [5.74, 6) is -0.185. The van der Waals surface area contributed by atoms with Crippen molar-refractivity contribution in [2.45, 2.75) is 32.3 Å². The van der Waals surface area contributed by atoms with Crippen molar-refractivity contribution in [2.24, 2.45) is 0 Å². The minimum atomic E-state index is -0.432. The maximum atomic E-state index is 13.4. The lowest BCUT2D eigenvalue weighted by atomic mass is 9.85. The van der Waals surface area contributed by atoms with Crippen LogP contribution in [-0.2, 0) is 16.1 Å². The SMILES string of the molecule is COC(=O)CCC(C(=O)c1cccc(OCc2cccnc2)c1)c1ccccc1C. The summed E-state index contributed by atoms with van der Waals surface area (Å²) in [6, 6.07) is 18.7. The number of nitrogens with zero attached hydrogens (tertiary/aromatic N) is 1. The minimum absolute atomic E-state index is 0.0416. The van der Waals surface area contributed by atoms with E-state index in [0.29, 0.717) is 24.3 Å². The van der Waals surface area contributed by atoms with Crippen LogP contribution in [0.2, 0.25) is 0 Å². The number of ketones is 1. The van der Waals surface area contributed by atoms with Gasteiger partial charge in [-0.3, -0.25) is 14.6 Å². The first-order valence-electron chi connectivity index (χ1n) is 9.87. The predicted molar refractivity (Wildman–Crippen MR) is 115 cm³/mol. The van der Waals surface area contributed by atoms with Crippen LogP contribution in [0.1, 0.15) is 45.8 Å². The molecule has 0 N–H and O–H groups in total. The second kappa shape index (κ2) is 10.3. The topological polar surface area (TPSA) is 65.5 Å². The average Bonchev–Trinajstić information content (AvgIpc) is 2.79. The van der Waals surface area contributed by atoms with E-state index in [4.69, 9.17) is 9.47 Å². The molecule has 0 bridgehead atoms. The van der Waals surface area contributed by atoms with Crippen LogP contribution in [0, 0.1) is 6.92 Å². The van der Waals surface area contributed by atoms with E-state index in [0.717, 1.165) is 16.7 Å². The standard InChI is InChI=1S/C25H25NO4/c1-18-7-3-4-11-22(18)23(12-13-24(27)29-2)25(28)20-9-5-10-21(15-20)30-17-19-8-6-14-26-16-19/h3-11,14-16,23H,12-13,17H2,1-2H3. The molecule has 0 aliphatic rings. The lowest BCUT2D eigenvalue weighted by Gasteiger charge is -2.18. The zero-order valence-electron chi connectivity index (χ0n) is 17.2. The van der Waals surface area contributed by atoms with Crippen LogP contribution in [-0.4, -0.2) is 23.8 Å². The Morgan fingerprint density at radius 3 is 2.60 bits per heavy atom. The zero-order chi connectivity index (χ0) is 21.3. The summed E-state index contributed by atoms with van der Waals surface area (Å²) in [6.45, 7) is 2.34. The summed E-state index contributed by atoms with van der Waals surface area (Å²) in [7, 11) is 1.36. The fourth-order valence-corrected chi connectivity index (χ4v) is 3.36. The molecule has 1 aromatic heterocycles. The van der Waals surface area contributed by atoms with E-state index in [-0.39, 0.29) is 18.2 Å². The number of esters is 1. The van der Waals surface area contributed by atoms with Crippen LogP contribution in [0.25, 0.3) is 0 Å². The number of methoxy groups -OCH3 is 1. The van der Waals surface area contributed by atoms with Gasteiger partial charge in [0.25, 0.3) is 0 Å². The molecule has 0 saturated carbocycles. The first-order chi connectivity index (χ1) is 14.6. The summed E-state index contributed by atoms with van der Waals surface area (Å²) in [6.07, 6.45) is 4.02. The number of pyridine rings is 1. The Bertz CT molecular complexity index is 1000. The second-order valence-corrected chi connectivity index (χ2v) is 7.07. The molecule has 5 nitrogen and oxygen atoms in total. The van der Waals surface area contributed by atoms with Crippen molar-refractivity contribution in [3.8, 4) is 5.75 Å². The van der Waals surface area contributed by atoms with Gasteiger partial charge in [0, 0.05) is 35.9 Å². The molecule has 1 heterocycles. The molecular weight excluding hydrogens is 378 g/mol. The van der Waals surface area contributed by atoms with Crippen molar-refractivity contribution in [3.63, 3.8) is 0 Å². The lowest BCUT2D eigenvalue weighted by Crippen LogP contribution is -2.16. The molecule has 1 atom stereocenters. The van der Waals surface area contributed by atoms with Crippen LogP contribution in [0.15, 0.2) is 73.1 Å². The maximum absolute atomic E-state index is 13.4. The normalized spacial score (nSPS) is 11.5. The zero-order valence-corrected chi connectivity index (χ0v) is 17.2. The van der Waals surface area contributed by atoms with E-state index in [1.807, 2.05) is 49.4 Å². The monoisotopic (exact) mass is 403 g/mol. The summed E-state index contributed by atoms with van der Waals surface area (Å²) in [4.78, 5) is 29.2. The minimum Gasteiger partial charge on any atom is -0.489 e. The fourth-order valence-electron chi connectivity index (χ4n) is 3.36. The van der Waals surface area contributed by atoms with E-state index in [1.165, 1.54) is 7.11 Å². The average molecular weight is 403 g/mol. The third-order valence-corrected chi connectivity index (χ3v) is 4.99. The summed E-state index contributed by atoms with van der Waals surface area (Å²) >= 11 is 0. The Hall–Kier alpha value is -3.47. The number of Topliss-reactive ketones (excluding diaryl/α,β-unsaturated/α-hetero) is 1. The molecule has 154 valence electrons. The van der Waals surface area contributed by atoms with Crippen molar-refractivity contribution in [3.05, 3.63) is 95.3 Å². The number of aromatic nitrogens is 1. The molecule has 5 heteroatoms. The van der Waals surface area contributed by atoms with Gasteiger partial charge in [-0.2, -0.15) is 0 Å². The second-order valence-electron chi connectivity index (χ2n) is 7.07. The highest BCUT2D eigenvalue weighted by Crippen LogP contribution is 2.29. The van der Waals surface area contributed by atoms with Crippen molar-refractivity contribution in [2.75, 3.05) is 7.11 Å². The van der Waals surface area contributed by atoms with Gasteiger partial charge in [0.05, 0.1) is 7.11 Å². The number of hydrogen-bond donors (Lipinski definition) is 0. The number of rotatable bonds is 9. The molecule has 1 unspecified atom stereocenters. The third-order valence-electron chi connectivity index (χ3n) is 4.99. The molecule has 3 aromatic rings. The van der Waals surface area contributed by atoms with Crippen molar-refractivity contribution in [1.82, 2.24) is 4.98 Å². The van der Waals surface area contributed by atoms with Gasteiger partial charge in [-0.15, -0.1) is 0 Å². The molecule has 2 aromatic carbocycles. The first-order valence-corrected chi connectivity index (χ1v) is 9.87. The van der Waals surface area contributed by atoms with Crippen molar-refractivity contribution in [1.29, 1.82) is 0 Å². The molecular formula is C25H25NO4. The van der Waals surface area contributed by atoms with Gasteiger partial charge in [-0.1, -0.05) is 42.5 Å². The Morgan fingerprint density at radius 2 is 1.87 bits per heavy atom. The highest BCUT2D eigenvalue weighted by atomic mass is 16.5. The summed E-state index contributed by atoms with van der Waals surface area (Å²) in [5.41, 5.74) is 3.44. The van der Waals surface area contributed by atoms with Gasteiger partial charge in [0.2, 0.25) is 0 Å². The fraction of sp³-hybridized carbons (Fsp3) is 0.240. The predicted octanol–water partition coefficient (Wildman–Crippen LogP) is 4.89. The number of carbonyl (C=O) groups excluding carboxylic acids is 2. The Balaban J connectivity index is 1.81. The Kier molecular flexibility index (Phi) is 7.33. The summed E-state index contributed by atoms with van der Waals surface area (Å²) in [5, 5.41) is 0. The molecule has 0 fully saturated rings. The highest BCUT2D eigenvalue weighted by molar-refractivity contribution is 6.01. The van der Waals surface area contributed by atoms with E-state index in [1.54, 1.807) is 30.6 Å². The van der Waals surface area contributed by atoms with Crippen LogP contribution in [0.3, 0.4) is 0 Å². The summed E-state index contributed by atoms with van der Waals surface area (Å²) < 4.78 is 10.6. The van der Waals surface area contributed by atoms with Gasteiger partial charge in [-0.05, 0) is 42.7 Å². The Labute approximate surface area is 176 Å².